The predicted molar refractivity (Wildman–Crippen MR) is 170 cm³/mol. The van der Waals surface area contributed by atoms with Crippen LogP contribution < -0.4 is 0 Å². The van der Waals surface area contributed by atoms with Gasteiger partial charge in [-0.15, -0.1) is 59.7 Å². The van der Waals surface area contributed by atoms with Crippen molar-refractivity contribution in [1.82, 2.24) is 9.97 Å². The van der Waals surface area contributed by atoms with Crippen molar-refractivity contribution < 1.29 is 20.1 Å². The number of fused-ring (bicyclic) bond motifs is 3. The summed E-state index contributed by atoms with van der Waals surface area (Å²) in [7, 11) is 0. The van der Waals surface area contributed by atoms with E-state index < -0.39 is 0 Å². The Balaban J connectivity index is 0.000000188. The van der Waals surface area contributed by atoms with E-state index in [1.807, 2.05) is 53.8 Å². The molecule has 4 aliphatic rings. The fourth-order valence-corrected chi connectivity index (χ4v) is 9.52. The standard InChI is InChI=1S/C27H24NS.C11H8N.Ir/c1-2-7-25-21(4-1)22-5-3-6-23(26(22)29-25)24-13-20(8-9-28-24)27-14-17-10-18(15-27)12-19(11-17)16-27;1-2-6-10(7-3-1)11-8-4-5-9-12-11;/h1-5,7-9,13,17-19H,10-12,14-16H2;1-6,8-9H;/q2*-1;. The molecule has 4 bridgehead atoms. The molecule has 6 aromatic rings. The maximum Gasteiger partial charge on any atom is 0.0239 e. The molecule has 1 radical (unpaired) electrons. The topological polar surface area (TPSA) is 25.8 Å². The number of hydrogen-bond donors (Lipinski definition) is 0. The van der Waals surface area contributed by atoms with Crippen molar-refractivity contribution in [2.24, 2.45) is 17.8 Å². The van der Waals surface area contributed by atoms with Crippen LogP contribution in [-0.4, -0.2) is 9.97 Å². The zero-order chi connectivity index (χ0) is 27.2. The molecule has 0 saturated heterocycles. The second-order valence-corrected chi connectivity index (χ2v) is 13.4. The normalized spacial score (nSPS) is 23.8. The molecule has 0 N–H and O–H groups in total. The largest absolute Gasteiger partial charge is 0.305 e. The first-order valence-electron chi connectivity index (χ1n) is 14.9. The van der Waals surface area contributed by atoms with Gasteiger partial charge >= 0.3 is 0 Å². The van der Waals surface area contributed by atoms with Crippen molar-refractivity contribution in [1.29, 1.82) is 0 Å². The van der Waals surface area contributed by atoms with Gasteiger partial charge in [-0.3, -0.25) is 0 Å². The summed E-state index contributed by atoms with van der Waals surface area (Å²) in [6.07, 6.45) is 12.5. The van der Waals surface area contributed by atoms with Crippen LogP contribution in [0.15, 0.2) is 103 Å². The summed E-state index contributed by atoms with van der Waals surface area (Å²) < 4.78 is 2.67. The van der Waals surface area contributed by atoms with Gasteiger partial charge in [-0.25, -0.2) is 0 Å². The Morgan fingerprint density at radius 2 is 1.40 bits per heavy atom. The zero-order valence-corrected chi connectivity index (χ0v) is 26.6. The van der Waals surface area contributed by atoms with Crippen LogP contribution in [0.25, 0.3) is 42.7 Å². The minimum atomic E-state index is 0. The minimum absolute atomic E-state index is 0. The first kappa shape index (κ1) is 27.6. The van der Waals surface area contributed by atoms with E-state index in [9.17, 15) is 0 Å². The molecule has 42 heavy (non-hydrogen) atoms. The molecule has 3 aromatic carbocycles. The molecule has 0 unspecified atom stereocenters. The van der Waals surface area contributed by atoms with Gasteiger partial charge in [0.25, 0.3) is 0 Å². The van der Waals surface area contributed by atoms with Gasteiger partial charge in [-0.1, -0.05) is 41.8 Å². The van der Waals surface area contributed by atoms with Crippen LogP contribution in [0, 0.1) is 29.9 Å². The van der Waals surface area contributed by atoms with E-state index in [-0.39, 0.29) is 20.1 Å². The van der Waals surface area contributed by atoms with E-state index in [0.29, 0.717) is 5.41 Å². The molecule has 211 valence electrons. The van der Waals surface area contributed by atoms with Crippen LogP contribution >= 0.6 is 11.3 Å². The SMILES string of the molecule is [Ir].[c-]1ccc2c(sc3ccccc32)c1-c1cc(C23CC4CC(CC(C4)C2)C3)ccn1.[c-]1ccccc1-c1ccccn1. The van der Waals surface area contributed by atoms with Crippen LogP contribution in [0.5, 0.6) is 0 Å². The van der Waals surface area contributed by atoms with Crippen molar-refractivity contribution in [3.8, 4) is 22.5 Å². The molecule has 4 fully saturated rings. The van der Waals surface area contributed by atoms with Gasteiger partial charge < -0.3 is 9.97 Å². The Labute approximate surface area is 265 Å². The molecule has 3 heterocycles. The molecular formula is C38H32IrN2S-2. The second kappa shape index (κ2) is 11.5. The summed E-state index contributed by atoms with van der Waals surface area (Å²) in [6.45, 7) is 0. The van der Waals surface area contributed by atoms with E-state index in [1.165, 1.54) is 64.3 Å². The zero-order valence-electron chi connectivity index (χ0n) is 23.4. The Morgan fingerprint density at radius 1 is 0.667 bits per heavy atom. The van der Waals surface area contributed by atoms with Crippen molar-refractivity contribution in [2.75, 3.05) is 0 Å². The van der Waals surface area contributed by atoms with Gasteiger partial charge in [0.05, 0.1) is 0 Å². The number of pyridine rings is 2. The maximum atomic E-state index is 4.83. The Hall–Kier alpha value is -3.17. The average molecular weight is 741 g/mol. The van der Waals surface area contributed by atoms with Crippen LogP contribution in [0.3, 0.4) is 0 Å². The molecule has 4 heteroatoms. The van der Waals surface area contributed by atoms with Crippen molar-refractivity contribution in [2.45, 2.75) is 43.9 Å². The van der Waals surface area contributed by atoms with Gasteiger partial charge in [-0.2, -0.15) is 11.3 Å². The Bertz CT molecular complexity index is 1760. The summed E-state index contributed by atoms with van der Waals surface area (Å²) in [5.74, 6) is 2.90. The number of benzene rings is 3. The van der Waals surface area contributed by atoms with Crippen molar-refractivity contribution in [3.05, 3.63) is 121 Å². The quantitative estimate of drug-likeness (QED) is 0.169. The summed E-state index contributed by atoms with van der Waals surface area (Å²) in [4.78, 5) is 9.05. The molecule has 3 aromatic heterocycles. The van der Waals surface area contributed by atoms with Gasteiger partial charge in [0, 0.05) is 37.2 Å². The Morgan fingerprint density at radius 3 is 2.14 bits per heavy atom. The maximum absolute atomic E-state index is 4.83. The van der Waals surface area contributed by atoms with E-state index in [1.54, 1.807) is 11.8 Å². The van der Waals surface area contributed by atoms with Crippen LogP contribution in [-0.2, 0) is 25.5 Å². The molecule has 0 aliphatic heterocycles. The first-order chi connectivity index (χ1) is 20.2. The molecule has 0 atom stereocenters. The van der Waals surface area contributed by atoms with E-state index in [0.717, 1.165) is 34.7 Å². The summed E-state index contributed by atoms with van der Waals surface area (Å²) >= 11 is 1.88. The third-order valence-corrected chi connectivity index (χ3v) is 10.9. The summed E-state index contributed by atoms with van der Waals surface area (Å²) in [5, 5.41) is 2.68. The van der Waals surface area contributed by atoms with Crippen LogP contribution in [0.4, 0.5) is 0 Å². The monoisotopic (exact) mass is 741 g/mol. The number of hydrogen-bond acceptors (Lipinski definition) is 3. The van der Waals surface area contributed by atoms with E-state index in [2.05, 4.69) is 71.8 Å². The van der Waals surface area contributed by atoms with Gasteiger partial charge in [0.15, 0.2) is 0 Å². The number of thiophene rings is 1. The molecule has 0 spiro atoms. The van der Waals surface area contributed by atoms with Gasteiger partial charge in [0.1, 0.15) is 0 Å². The number of nitrogens with zero attached hydrogens (tertiary/aromatic N) is 2. The van der Waals surface area contributed by atoms with Crippen LogP contribution in [0.1, 0.15) is 44.1 Å². The fourth-order valence-electron chi connectivity index (χ4n) is 8.32. The van der Waals surface area contributed by atoms with E-state index >= 15 is 0 Å². The van der Waals surface area contributed by atoms with Crippen LogP contribution in [0.2, 0.25) is 0 Å². The molecule has 4 saturated carbocycles. The molecular weight excluding hydrogens is 709 g/mol. The van der Waals surface area contributed by atoms with Crippen molar-refractivity contribution >= 4 is 31.5 Å². The molecule has 0 amide bonds. The summed E-state index contributed by atoms with van der Waals surface area (Å²) in [5.41, 5.74) is 6.26. The average Bonchev–Trinajstić information content (AvgIpc) is 3.41. The van der Waals surface area contributed by atoms with Crippen molar-refractivity contribution in [3.63, 3.8) is 0 Å². The molecule has 4 aliphatic carbocycles. The predicted octanol–water partition coefficient (Wildman–Crippen LogP) is 9.93. The minimum Gasteiger partial charge on any atom is -0.305 e. The third kappa shape index (κ3) is 5.04. The van der Waals surface area contributed by atoms with Gasteiger partial charge in [0.2, 0.25) is 0 Å². The smallest absolute Gasteiger partial charge is 0.0239 e. The molecule has 10 rings (SSSR count). The molecule has 2 nitrogen and oxygen atoms in total. The first-order valence-corrected chi connectivity index (χ1v) is 15.7. The second-order valence-electron chi connectivity index (χ2n) is 12.3. The van der Waals surface area contributed by atoms with Gasteiger partial charge in [-0.05, 0) is 107 Å². The number of rotatable bonds is 3. The summed E-state index contributed by atoms with van der Waals surface area (Å²) in [6, 6.07) is 38.1. The Kier molecular flexibility index (Phi) is 7.56. The number of aromatic nitrogens is 2. The fraction of sp³-hybridized carbons (Fsp3) is 0.263. The van der Waals surface area contributed by atoms with E-state index in [4.69, 9.17) is 4.98 Å². The third-order valence-electron chi connectivity index (χ3n) is 9.66.